The molecule has 0 saturated heterocycles. The number of rotatable bonds is 13. The summed E-state index contributed by atoms with van der Waals surface area (Å²) in [6.45, 7) is 26.4. The number of hydrogen-bond donors (Lipinski definition) is 0. The summed E-state index contributed by atoms with van der Waals surface area (Å²) >= 11 is 0. The summed E-state index contributed by atoms with van der Waals surface area (Å²) in [7, 11) is 0. The maximum Gasteiger partial charge on any atom is 0.0547 e. The van der Waals surface area contributed by atoms with E-state index in [1.54, 1.807) is 0 Å². The van der Waals surface area contributed by atoms with Crippen LogP contribution in [0.4, 0.5) is 0 Å². The van der Waals surface area contributed by atoms with Crippen LogP contribution in [0.25, 0.3) is 0 Å². The molecule has 0 rings (SSSR count). The molecule has 0 amide bonds. The van der Waals surface area contributed by atoms with E-state index >= 15 is 0 Å². The van der Waals surface area contributed by atoms with Crippen molar-refractivity contribution in [2.24, 2.45) is 22.7 Å². The first kappa shape index (κ1) is 29.2. The van der Waals surface area contributed by atoms with Gasteiger partial charge in [0.25, 0.3) is 0 Å². The third-order valence-electron chi connectivity index (χ3n) is 6.78. The lowest BCUT2D eigenvalue weighted by molar-refractivity contribution is 0.0413. The quantitative estimate of drug-likeness (QED) is 0.287. The molecule has 1 nitrogen and oxygen atoms in total. The third-order valence-corrected chi connectivity index (χ3v) is 6.78. The second kappa shape index (κ2) is 15.8. The van der Waals surface area contributed by atoms with Crippen molar-refractivity contribution >= 4 is 0 Å². The minimum absolute atomic E-state index is 0.406. The molecule has 0 aliphatic carbocycles. The first-order chi connectivity index (χ1) is 12.5. The second-order valence-corrected chi connectivity index (χ2v) is 10.2. The van der Waals surface area contributed by atoms with Crippen molar-refractivity contribution in [3.8, 4) is 0 Å². The van der Waals surface area contributed by atoms with Crippen molar-refractivity contribution in [3.05, 3.63) is 0 Å². The molecule has 27 heavy (non-hydrogen) atoms. The lowest BCUT2D eigenvalue weighted by Crippen LogP contribution is -2.25. The van der Waals surface area contributed by atoms with Crippen LogP contribution in [-0.2, 0) is 4.74 Å². The fourth-order valence-corrected chi connectivity index (χ4v) is 4.03. The maximum atomic E-state index is 6.12. The average Bonchev–Trinajstić information content (AvgIpc) is 2.61. The Balaban J connectivity index is 0. The van der Waals surface area contributed by atoms with Gasteiger partial charge in [0, 0.05) is 6.61 Å². The minimum atomic E-state index is 0.406. The Morgan fingerprint density at radius 1 is 0.778 bits per heavy atom. The molecule has 3 unspecified atom stereocenters. The van der Waals surface area contributed by atoms with Crippen LogP contribution in [0.2, 0.25) is 0 Å². The van der Waals surface area contributed by atoms with E-state index in [-0.39, 0.29) is 0 Å². The predicted molar refractivity (Wildman–Crippen MR) is 126 cm³/mol. The molecule has 0 aromatic rings. The molecule has 0 saturated carbocycles. The highest BCUT2D eigenvalue weighted by atomic mass is 16.5. The molecule has 3 atom stereocenters. The van der Waals surface area contributed by atoms with Gasteiger partial charge in [-0.3, -0.25) is 0 Å². The van der Waals surface area contributed by atoms with Crippen LogP contribution in [0.1, 0.15) is 134 Å². The molecule has 0 aliphatic heterocycles. The third kappa shape index (κ3) is 13.7. The van der Waals surface area contributed by atoms with E-state index in [4.69, 9.17) is 4.74 Å². The molecule has 166 valence electrons. The molecule has 1 heteroatoms. The molecule has 0 spiro atoms. The summed E-state index contributed by atoms with van der Waals surface area (Å²) in [5, 5.41) is 0. The van der Waals surface area contributed by atoms with Gasteiger partial charge in [-0.1, -0.05) is 94.9 Å². The lowest BCUT2D eigenvalue weighted by Gasteiger charge is -2.33. The van der Waals surface area contributed by atoms with Crippen LogP contribution in [0.3, 0.4) is 0 Å². The summed E-state index contributed by atoms with van der Waals surface area (Å²) in [5.41, 5.74) is 0.977. The summed E-state index contributed by atoms with van der Waals surface area (Å²) in [4.78, 5) is 0. The molecule has 0 aromatic carbocycles. The Kier molecular flexibility index (Phi) is 17.1. The van der Waals surface area contributed by atoms with Crippen molar-refractivity contribution in [3.63, 3.8) is 0 Å². The highest BCUT2D eigenvalue weighted by Gasteiger charge is 2.26. The Labute approximate surface area is 174 Å². The van der Waals surface area contributed by atoms with E-state index in [0.717, 1.165) is 18.4 Å². The normalized spacial score (nSPS) is 15.7. The van der Waals surface area contributed by atoms with E-state index in [1.165, 1.54) is 57.8 Å². The molecule has 0 fully saturated rings. The Hall–Kier alpha value is -0.0400. The largest absolute Gasteiger partial charge is 0.379 e. The van der Waals surface area contributed by atoms with Crippen molar-refractivity contribution in [1.29, 1.82) is 0 Å². The summed E-state index contributed by atoms with van der Waals surface area (Å²) < 4.78 is 6.12. The Morgan fingerprint density at radius 3 is 1.70 bits per heavy atom. The molecule has 0 heterocycles. The molecular weight excluding hydrogens is 328 g/mol. The van der Waals surface area contributed by atoms with E-state index < -0.39 is 0 Å². The fraction of sp³-hybridized carbons (Fsp3) is 1.00. The Morgan fingerprint density at radius 2 is 1.30 bits per heavy atom. The van der Waals surface area contributed by atoms with Gasteiger partial charge < -0.3 is 4.74 Å². The summed E-state index contributed by atoms with van der Waals surface area (Å²) in [6, 6.07) is 0. The van der Waals surface area contributed by atoms with Gasteiger partial charge in [0.05, 0.1) is 6.10 Å². The van der Waals surface area contributed by atoms with Gasteiger partial charge >= 0.3 is 0 Å². The maximum absolute atomic E-state index is 6.12. The molecule has 0 aromatic heterocycles. The van der Waals surface area contributed by atoms with Crippen LogP contribution in [0.5, 0.6) is 0 Å². The van der Waals surface area contributed by atoms with Crippen LogP contribution in [0, 0.1) is 22.7 Å². The van der Waals surface area contributed by atoms with Crippen LogP contribution in [0.15, 0.2) is 0 Å². The standard InChI is InChI=1S/C23H48O.C3H8/c1-10-16-23(11-2,12-3)17-13-18-24-20(5)15-14-19(4)21(6)22(7,8)9;1-3-2/h19-21H,10-18H2,1-9H3;3H2,1-2H3. The summed E-state index contributed by atoms with van der Waals surface area (Å²) in [5.74, 6) is 1.53. The molecule has 0 N–H and O–H groups in total. The first-order valence-electron chi connectivity index (χ1n) is 12.1. The van der Waals surface area contributed by atoms with Gasteiger partial charge in [0.2, 0.25) is 0 Å². The van der Waals surface area contributed by atoms with E-state index in [1.807, 2.05) is 0 Å². The van der Waals surface area contributed by atoms with Crippen molar-refractivity contribution in [2.75, 3.05) is 6.61 Å². The Bertz CT molecular complexity index is 311. The highest BCUT2D eigenvalue weighted by Crippen LogP contribution is 2.37. The van der Waals surface area contributed by atoms with Gasteiger partial charge in [-0.05, 0) is 61.7 Å². The van der Waals surface area contributed by atoms with Gasteiger partial charge in [0.15, 0.2) is 0 Å². The zero-order valence-corrected chi connectivity index (χ0v) is 21.2. The highest BCUT2D eigenvalue weighted by molar-refractivity contribution is 4.77. The van der Waals surface area contributed by atoms with E-state index in [2.05, 4.69) is 76.2 Å². The average molecular weight is 385 g/mol. The summed E-state index contributed by atoms with van der Waals surface area (Å²) in [6.07, 6.45) is 12.0. The predicted octanol–water partition coefficient (Wildman–Crippen LogP) is 9.29. The molecule has 0 aliphatic rings. The van der Waals surface area contributed by atoms with Crippen molar-refractivity contribution in [2.45, 2.75) is 140 Å². The van der Waals surface area contributed by atoms with E-state index in [9.17, 15) is 0 Å². The van der Waals surface area contributed by atoms with Crippen molar-refractivity contribution < 1.29 is 4.74 Å². The fourth-order valence-electron chi connectivity index (χ4n) is 4.03. The monoisotopic (exact) mass is 384 g/mol. The van der Waals surface area contributed by atoms with Crippen LogP contribution in [-0.4, -0.2) is 12.7 Å². The molecular formula is C26H56O. The van der Waals surface area contributed by atoms with Gasteiger partial charge in [0.1, 0.15) is 0 Å². The van der Waals surface area contributed by atoms with Crippen LogP contribution >= 0.6 is 0 Å². The smallest absolute Gasteiger partial charge is 0.0547 e. The molecule has 0 bridgehead atoms. The zero-order chi connectivity index (χ0) is 21.5. The first-order valence-corrected chi connectivity index (χ1v) is 12.1. The topological polar surface area (TPSA) is 9.23 Å². The van der Waals surface area contributed by atoms with Gasteiger partial charge in [-0.2, -0.15) is 0 Å². The SMILES string of the molecule is CCC.CCCC(CC)(CC)CCCOC(C)CCC(C)C(C)C(C)(C)C. The van der Waals surface area contributed by atoms with Gasteiger partial charge in [-0.25, -0.2) is 0 Å². The van der Waals surface area contributed by atoms with Crippen molar-refractivity contribution in [1.82, 2.24) is 0 Å². The molecule has 0 radical (unpaired) electrons. The lowest BCUT2D eigenvalue weighted by atomic mass is 9.73. The number of hydrogen-bond acceptors (Lipinski definition) is 1. The minimum Gasteiger partial charge on any atom is -0.379 e. The zero-order valence-electron chi connectivity index (χ0n) is 21.2. The van der Waals surface area contributed by atoms with Crippen LogP contribution < -0.4 is 0 Å². The van der Waals surface area contributed by atoms with Gasteiger partial charge in [-0.15, -0.1) is 0 Å². The second-order valence-electron chi connectivity index (χ2n) is 10.2. The van der Waals surface area contributed by atoms with E-state index in [0.29, 0.717) is 16.9 Å². The number of ether oxygens (including phenoxy) is 1.